The zero-order valence-electron chi connectivity index (χ0n) is 10.00. The highest BCUT2D eigenvalue weighted by atomic mass is 16.5. The average Bonchev–Trinajstić information content (AvgIpc) is 2.86. The van der Waals surface area contributed by atoms with Crippen LogP contribution in [0.25, 0.3) is 0 Å². The first-order chi connectivity index (χ1) is 8.65. The number of pyridine rings is 1. The molecule has 1 amide bonds. The second-order valence-electron chi connectivity index (χ2n) is 4.07. The maximum Gasteiger partial charge on any atom is 0.328 e. The van der Waals surface area contributed by atoms with Crippen LogP contribution in [0.5, 0.6) is 5.75 Å². The third kappa shape index (κ3) is 2.13. The second-order valence-corrected chi connectivity index (χ2v) is 4.07. The SMILES string of the molecule is COC(=O)C1CCCN1C(=O)c1ccncc1O. The zero-order valence-corrected chi connectivity index (χ0v) is 10.00. The Balaban J connectivity index is 2.23. The molecular weight excluding hydrogens is 236 g/mol. The predicted octanol–water partition coefficient (Wildman–Crippen LogP) is 0.565. The van der Waals surface area contributed by atoms with Crippen molar-refractivity contribution in [2.24, 2.45) is 0 Å². The molecule has 1 aliphatic heterocycles. The summed E-state index contributed by atoms with van der Waals surface area (Å²) in [4.78, 5) is 28.9. The van der Waals surface area contributed by atoms with Crippen LogP contribution in [0.2, 0.25) is 0 Å². The molecule has 6 nitrogen and oxygen atoms in total. The van der Waals surface area contributed by atoms with E-state index < -0.39 is 12.0 Å². The minimum Gasteiger partial charge on any atom is -0.505 e. The van der Waals surface area contributed by atoms with Crippen molar-refractivity contribution < 1.29 is 19.4 Å². The van der Waals surface area contributed by atoms with Gasteiger partial charge in [0.05, 0.1) is 18.9 Å². The molecule has 0 aromatic carbocycles. The van der Waals surface area contributed by atoms with E-state index in [2.05, 4.69) is 9.72 Å². The third-order valence-corrected chi connectivity index (χ3v) is 3.02. The number of ether oxygens (including phenoxy) is 1. The van der Waals surface area contributed by atoms with Crippen LogP contribution in [0.3, 0.4) is 0 Å². The molecule has 0 saturated carbocycles. The van der Waals surface area contributed by atoms with Crippen molar-refractivity contribution in [1.29, 1.82) is 0 Å². The fourth-order valence-corrected chi connectivity index (χ4v) is 2.11. The van der Waals surface area contributed by atoms with Gasteiger partial charge in [-0.15, -0.1) is 0 Å². The highest BCUT2D eigenvalue weighted by molar-refractivity contribution is 5.99. The maximum atomic E-state index is 12.2. The molecular formula is C12H14N2O4. The highest BCUT2D eigenvalue weighted by Gasteiger charge is 2.35. The Morgan fingerprint density at radius 3 is 3.00 bits per heavy atom. The van der Waals surface area contributed by atoms with Gasteiger partial charge in [-0.25, -0.2) is 4.79 Å². The molecule has 0 spiro atoms. The van der Waals surface area contributed by atoms with Gasteiger partial charge in [-0.05, 0) is 18.9 Å². The van der Waals surface area contributed by atoms with Gasteiger partial charge in [0.2, 0.25) is 0 Å². The normalized spacial score (nSPS) is 18.7. The molecule has 1 unspecified atom stereocenters. The lowest BCUT2D eigenvalue weighted by Crippen LogP contribution is -2.41. The minimum atomic E-state index is -0.560. The molecule has 0 radical (unpaired) electrons. The van der Waals surface area contributed by atoms with Gasteiger partial charge in [-0.2, -0.15) is 0 Å². The first-order valence-electron chi connectivity index (χ1n) is 5.67. The summed E-state index contributed by atoms with van der Waals surface area (Å²) in [6.07, 6.45) is 3.97. The van der Waals surface area contributed by atoms with Crippen molar-refractivity contribution in [3.63, 3.8) is 0 Å². The van der Waals surface area contributed by atoms with E-state index in [0.29, 0.717) is 13.0 Å². The van der Waals surface area contributed by atoms with E-state index in [-0.39, 0.29) is 17.2 Å². The Morgan fingerprint density at radius 1 is 1.56 bits per heavy atom. The number of aromatic hydroxyl groups is 1. The summed E-state index contributed by atoms with van der Waals surface area (Å²) in [7, 11) is 1.30. The number of carbonyl (C=O) groups excluding carboxylic acids is 2. The van der Waals surface area contributed by atoms with E-state index in [1.165, 1.54) is 30.5 Å². The van der Waals surface area contributed by atoms with Crippen molar-refractivity contribution >= 4 is 11.9 Å². The number of hydrogen-bond acceptors (Lipinski definition) is 5. The number of hydrogen-bond donors (Lipinski definition) is 1. The molecule has 18 heavy (non-hydrogen) atoms. The summed E-state index contributed by atoms with van der Waals surface area (Å²) in [6, 6.07) is 0.875. The number of likely N-dealkylation sites (tertiary alicyclic amines) is 1. The zero-order chi connectivity index (χ0) is 13.1. The Labute approximate surface area is 104 Å². The summed E-state index contributed by atoms with van der Waals surface area (Å²) in [5, 5.41) is 9.60. The topological polar surface area (TPSA) is 79.7 Å². The van der Waals surface area contributed by atoms with Crippen molar-refractivity contribution in [3.05, 3.63) is 24.0 Å². The van der Waals surface area contributed by atoms with Crippen LogP contribution in [0.1, 0.15) is 23.2 Å². The molecule has 1 fully saturated rings. The summed E-state index contributed by atoms with van der Waals surface area (Å²) in [5.74, 6) is -0.977. The number of amides is 1. The van der Waals surface area contributed by atoms with E-state index in [0.717, 1.165) is 6.42 Å². The molecule has 2 rings (SSSR count). The van der Waals surface area contributed by atoms with Gasteiger partial charge in [0.25, 0.3) is 5.91 Å². The van der Waals surface area contributed by atoms with Gasteiger partial charge in [0.15, 0.2) is 0 Å². The van der Waals surface area contributed by atoms with Gasteiger partial charge in [0.1, 0.15) is 11.8 Å². The summed E-state index contributed by atoms with van der Waals surface area (Å²) < 4.78 is 4.67. The molecule has 0 aliphatic carbocycles. The van der Waals surface area contributed by atoms with Crippen molar-refractivity contribution in [3.8, 4) is 5.75 Å². The minimum absolute atomic E-state index is 0.154. The first-order valence-corrected chi connectivity index (χ1v) is 5.67. The van der Waals surface area contributed by atoms with E-state index in [9.17, 15) is 14.7 Å². The molecule has 1 N–H and O–H groups in total. The molecule has 1 atom stereocenters. The van der Waals surface area contributed by atoms with Gasteiger partial charge < -0.3 is 14.7 Å². The number of esters is 1. The average molecular weight is 250 g/mol. The lowest BCUT2D eigenvalue weighted by molar-refractivity contribution is -0.145. The molecule has 6 heteroatoms. The summed E-state index contributed by atoms with van der Waals surface area (Å²) >= 11 is 0. The van der Waals surface area contributed by atoms with Crippen molar-refractivity contribution in [1.82, 2.24) is 9.88 Å². The quantitative estimate of drug-likeness (QED) is 0.776. The van der Waals surface area contributed by atoms with Gasteiger partial charge >= 0.3 is 5.97 Å². The Bertz CT molecular complexity index is 475. The number of carbonyl (C=O) groups is 2. The van der Waals surface area contributed by atoms with Gasteiger partial charge in [0, 0.05) is 12.7 Å². The van der Waals surface area contributed by atoms with Gasteiger partial charge in [-0.1, -0.05) is 0 Å². The number of methoxy groups -OCH3 is 1. The first kappa shape index (κ1) is 12.3. The number of aromatic nitrogens is 1. The fourth-order valence-electron chi connectivity index (χ4n) is 2.11. The Kier molecular flexibility index (Phi) is 3.45. The summed E-state index contributed by atoms with van der Waals surface area (Å²) in [6.45, 7) is 0.486. The van der Waals surface area contributed by atoms with E-state index >= 15 is 0 Å². The predicted molar refractivity (Wildman–Crippen MR) is 62.0 cm³/mol. The third-order valence-electron chi connectivity index (χ3n) is 3.02. The van der Waals surface area contributed by atoms with Crippen LogP contribution >= 0.6 is 0 Å². The molecule has 2 heterocycles. The summed E-state index contributed by atoms with van der Waals surface area (Å²) in [5.41, 5.74) is 0.154. The Hall–Kier alpha value is -2.11. The lowest BCUT2D eigenvalue weighted by Gasteiger charge is -2.22. The van der Waals surface area contributed by atoms with Crippen molar-refractivity contribution in [2.45, 2.75) is 18.9 Å². The van der Waals surface area contributed by atoms with E-state index in [1.54, 1.807) is 0 Å². The number of rotatable bonds is 2. The maximum absolute atomic E-state index is 12.2. The van der Waals surface area contributed by atoms with Crippen LogP contribution in [-0.2, 0) is 9.53 Å². The Morgan fingerprint density at radius 2 is 2.33 bits per heavy atom. The van der Waals surface area contributed by atoms with Crippen LogP contribution in [0, 0.1) is 0 Å². The second kappa shape index (κ2) is 5.03. The fraction of sp³-hybridized carbons (Fsp3) is 0.417. The smallest absolute Gasteiger partial charge is 0.328 e. The molecule has 96 valence electrons. The van der Waals surface area contributed by atoms with Crippen LogP contribution in [-0.4, -0.2) is 46.6 Å². The molecule has 1 aromatic heterocycles. The van der Waals surface area contributed by atoms with Gasteiger partial charge in [-0.3, -0.25) is 9.78 Å². The van der Waals surface area contributed by atoms with E-state index in [1.807, 2.05) is 0 Å². The highest BCUT2D eigenvalue weighted by Crippen LogP contribution is 2.24. The van der Waals surface area contributed by atoms with Crippen LogP contribution < -0.4 is 0 Å². The van der Waals surface area contributed by atoms with Crippen LogP contribution in [0.4, 0.5) is 0 Å². The lowest BCUT2D eigenvalue weighted by atomic mass is 10.2. The molecule has 1 aliphatic rings. The molecule has 0 bridgehead atoms. The number of nitrogens with zero attached hydrogens (tertiary/aromatic N) is 2. The van der Waals surface area contributed by atoms with Crippen molar-refractivity contribution in [2.75, 3.05) is 13.7 Å². The monoisotopic (exact) mass is 250 g/mol. The largest absolute Gasteiger partial charge is 0.505 e. The molecule has 1 saturated heterocycles. The molecule has 1 aromatic rings. The van der Waals surface area contributed by atoms with Crippen LogP contribution in [0.15, 0.2) is 18.5 Å². The van der Waals surface area contributed by atoms with E-state index in [4.69, 9.17) is 0 Å². The standard InChI is InChI=1S/C12H14N2O4/c1-18-12(17)9-3-2-6-14(9)11(16)8-4-5-13-7-10(8)15/h4-5,7,9,15H,2-3,6H2,1H3.